The van der Waals surface area contributed by atoms with Gasteiger partial charge in [0.15, 0.2) is 0 Å². The van der Waals surface area contributed by atoms with Crippen LogP contribution in [0.15, 0.2) is 48.5 Å². The van der Waals surface area contributed by atoms with Crippen molar-refractivity contribution in [3.8, 4) is 0 Å². The molecule has 170 valence electrons. The van der Waals surface area contributed by atoms with E-state index in [1.165, 1.54) is 23.0 Å². The summed E-state index contributed by atoms with van der Waals surface area (Å²) in [5.41, 5.74) is 0.233. The van der Waals surface area contributed by atoms with Gasteiger partial charge in [-0.15, -0.1) is 0 Å². The van der Waals surface area contributed by atoms with Gasteiger partial charge in [0.05, 0.1) is 24.4 Å². The van der Waals surface area contributed by atoms with E-state index in [4.69, 9.17) is 4.74 Å². The summed E-state index contributed by atoms with van der Waals surface area (Å²) in [6.45, 7) is 0.123. The van der Waals surface area contributed by atoms with Crippen LogP contribution in [-0.2, 0) is 17.5 Å². The maximum Gasteiger partial charge on any atom is 0.416 e. The molecule has 2 aromatic rings. The molecule has 1 fully saturated rings. The summed E-state index contributed by atoms with van der Waals surface area (Å²) >= 11 is 0. The van der Waals surface area contributed by atoms with E-state index < -0.39 is 36.0 Å². The number of hydrogen-bond donors (Lipinski definition) is 1. The lowest BCUT2D eigenvalue weighted by Crippen LogP contribution is -2.49. The number of benzene rings is 2. The first-order chi connectivity index (χ1) is 15.2. The highest BCUT2D eigenvalue weighted by atomic mass is 19.4. The number of alkyl halides is 3. The minimum Gasteiger partial charge on any atom is -0.465 e. The van der Waals surface area contributed by atoms with Crippen LogP contribution in [0.1, 0.15) is 42.0 Å². The number of hydrogen-bond acceptors (Lipinski definition) is 3. The van der Waals surface area contributed by atoms with Crippen LogP contribution in [0.25, 0.3) is 0 Å². The van der Waals surface area contributed by atoms with Gasteiger partial charge in [0, 0.05) is 12.6 Å². The molecule has 0 spiro atoms. The summed E-state index contributed by atoms with van der Waals surface area (Å²) in [5.74, 6) is 0.111. The van der Waals surface area contributed by atoms with E-state index in [0.717, 1.165) is 30.5 Å². The Morgan fingerprint density at radius 3 is 2.41 bits per heavy atom. The van der Waals surface area contributed by atoms with Crippen molar-refractivity contribution in [1.82, 2.24) is 4.90 Å². The first-order valence-electron chi connectivity index (χ1n) is 10.3. The van der Waals surface area contributed by atoms with E-state index in [-0.39, 0.29) is 30.1 Å². The first kappa shape index (κ1) is 22.0. The van der Waals surface area contributed by atoms with E-state index in [1.54, 1.807) is 12.1 Å². The molecule has 4 rings (SSSR count). The Kier molecular flexibility index (Phi) is 5.75. The smallest absolute Gasteiger partial charge is 0.416 e. The number of ether oxygens (including phenoxy) is 1. The molecule has 2 aliphatic rings. The molecule has 2 aromatic carbocycles. The van der Waals surface area contributed by atoms with Gasteiger partial charge in [-0.05, 0) is 54.5 Å². The number of amides is 2. The zero-order chi connectivity index (χ0) is 23.0. The number of rotatable bonds is 4. The van der Waals surface area contributed by atoms with Crippen LogP contribution in [0.2, 0.25) is 0 Å². The molecule has 32 heavy (non-hydrogen) atoms. The Labute approximate surface area is 183 Å². The summed E-state index contributed by atoms with van der Waals surface area (Å²) < 4.78 is 45.5. The average molecular weight is 448 g/mol. The molecule has 6 nitrogen and oxygen atoms in total. The van der Waals surface area contributed by atoms with Gasteiger partial charge in [-0.25, -0.2) is 9.59 Å². The standard InChI is InChI=1S/C23H23F3N2O4/c1-32-22(31)27(13-14-5-3-2-4-6-14)20-12-19(15-7-8-15)28(21(29)30)18-10-9-16(11-17(18)20)23(24,25)26/h2-6,9-11,15,19-20H,7-8,12-13H2,1H3,(H,29,30). The molecule has 1 N–H and O–H groups in total. The molecule has 1 aliphatic heterocycles. The zero-order valence-corrected chi connectivity index (χ0v) is 17.4. The monoisotopic (exact) mass is 448 g/mol. The number of halogens is 3. The molecule has 0 bridgehead atoms. The molecule has 2 unspecified atom stereocenters. The first-order valence-corrected chi connectivity index (χ1v) is 10.3. The highest BCUT2D eigenvalue weighted by molar-refractivity contribution is 5.89. The van der Waals surface area contributed by atoms with Gasteiger partial charge in [-0.3, -0.25) is 9.80 Å². The molecule has 9 heteroatoms. The Morgan fingerprint density at radius 1 is 1.16 bits per heavy atom. The minimum absolute atomic E-state index is 0.111. The lowest BCUT2D eigenvalue weighted by atomic mass is 9.86. The van der Waals surface area contributed by atoms with Gasteiger partial charge in [0.2, 0.25) is 0 Å². The van der Waals surface area contributed by atoms with Gasteiger partial charge in [0.25, 0.3) is 0 Å². The second-order valence-corrected chi connectivity index (χ2v) is 8.16. The molecule has 1 saturated carbocycles. The van der Waals surface area contributed by atoms with Crippen LogP contribution in [0.3, 0.4) is 0 Å². The zero-order valence-electron chi connectivity index (χ0n) is 17.4. The highest BCUT2D eigenvalue weighted by Crippen LogP contribution is 2.49. The summed E-state index contributed by atoms with van der Waals surface area (Å²) in [5, 5.41) is 9.88. The fourth-order valence-corrected chi connectivity index (χ4v) is 4.48. The maximum absolute atomic E-state index is 13.5. The van der Waals surface area contributed by atoms with E-state index in [9.17, 15) is 27.9 Å². The Bertz CT molecular complexity index is 1010. The quantitative estimate of drug-likeness (QED) is 0.653. The van der Waals surface area contributed by atoms with Crippen LogP contribution < -0.4 is 4.90 Å². The van der Waals surface area contributed by atoms with Crippen LogP contribution in [-0.4, -0.2) is 35.3 Å². The van der Waals surface area contributed by atoms with Crippen molar-refractivity contribution in [2.75, 3.05) is 12.0 Å². The molecule has 1 aliphatic carbocycles. The predicted octanol–water partition coefficient (Wildman–Crippen LogP) is 5.68. The normalized spacial score (nSPS) is 20.4. The van der Waals surface area contributed by atoms with Gasteiger partial charge < -0.3 is 9.84 Å². The summed E-state index contributed by atoms with van der Waals surface area (Å²) in [7, 11) is 1.22. The third kappa shape index (κ3) is 4.24. The van der Waals surface area contributed by atoms with Crippen molar-refractivity contribution in [3.63, 3.8) is 0 Å². The van der Waals surface area contributed by atoms with Crippen LogP contribution in [0.4, 0.5) is 28.4 Å². The third-order valence-electron chi connectivity index (χ3n) is 6.12. The molecule has 0 radical (unpaired) electrons. The number of carbonyl (C=O) groups excluding carboxylic acids is 1. The van der Waals surface area contributed by atoms with Crippen molar-refractivity contribution < 1.29 is 32.6 Å². The van der Waals surface area contributed by atoms with E-state index >= 15 is 0 Å². The van der Waals surface area contributed by atoms with Crippen LogP contribution >= 0.6 is 0 Å². The molecule has 0 saturated heterocycles. The molecular formula is C23H23F3N2O4. The van der Waals surface area contributed by atoms with Crippen LogP contribution in [0, 0.1) is 5.92 Å². The number of carbonyl (C=O) groups is 2. The Balaban J connectivity index is 1.84. The van der Waals surface area contributed by atoms with Crippen LogP contribution in [0.5, 0.6) is 0 Å². The van der Waals surface area contributed by atoms with Gasteiger partial charge in [0.1, 0.15) is 0 Å². The van der Waals surface area contributed by atoms with E-state index in [0.29, 0.717) is 0 Å². The lowest BCUT2D eigenvalue weighted by Gasteiger charge is -2.43. The summed E-state index contributed by atoms with van der Waals surface area (Å²) in [6.07, 6.45) is -4.61. The molecular weight excluding hydrogens is 425 g/mol. The summed E-state index contributed by atoms with van der Waals surface area (Å²) in [6, 6.07) is 10.9. The third-order valence-corrected chi connectivity index (χ3v) is 6.12. The predicted molar refractivity (Wildman–Crippen MR) is 110 cm³/mol. The lowest BCUT2D eigenvalue weighted by molar-refractivity contribution is -0.137. The maximum atomic E-state index is 13.5. The van der Waals surface area contributed by atoms with Crippen molar-refractivity contribution in [2.45, 2.75) is 44.1 Å². The topological polar surface area (TPSA) is 70.1 Å². The average Bonchev–Trinajstić information content (AvgIpc) is 3.61. The van der Waals surface area contributed by atoms with Crippen molar-refractivity contribution in [3.05, 3.63) is 65.2 Å². The Morgan fingerprint density at radius 2 is 1.84 bits per heavy atom. The number of anilines is 1. The SMILES string of the molecule is COC(=O)N(Cc1ccccc1)C1CC(C2CC2)N(C(=O)O)c2ccc(C(F)(F)F)cc21. The van der Waals surface area contributed by atoms with Crippen molar-refractivity contribution >= 4 is 17.9 Å². The van der Waals surface area contributed by atoms with Crippen molar-refractivity contribution in [1.29, 1.82) is 0 Å². The number of fused-ring (bicyclic) bond motifs is 1. The van der Waals surface area contributed by atoms with Gasteiger partial charge >= 0.3 is 18.4 Å². The largest absolute Gasteiger partial charge is 0.465 e. The highest BCUT2D eigenvalue weighted by Gasteiger charge is 2.47. The fraction of sp³-hybridized carbons (Fsp3) is 0.391. The van der Waals surface area contributed by atoms with E-state index in [2.05, 4.69) is 0 Å². The number of methoxy groups -OCH3 is 1. The number of nitrogens with zero attached hydrogens (tertiary/aromatic N) is 2. The Hall–Kier alpha value is -3.23. The van der Waals surface area contributed by atoms with Crippen molar-refractivity contribution in [2.24, 2.45) is 5.92 Å². The summed E-state index contributed by atoms with van der Waals surface area (Å²) in [4.78, 5) is 27.4. The minimum atomic E-state index is -4.60. The second kappa shape index (κ2) is 8.37. The molecule has 0 aromatic heterocycles. The van der Waals surface area contributed by atoms with Gasteiger partial charge in [-0.1, -0.05) is 30.3 Å². The fourth-order valence-electron chi connectivity index (χ4n) is 4.48. The van der Waals surface area contributed by atoms with Gasteiger partial charge in [-0.2, -0.15) is 13.2 Å². The van der Waals surface area contributed by atoms with E-state index in [1.807, 2.05) is 18.2 Å². The molecule has 2 atom stereocenters. The molecule has 1 heterocycles. The molecule has 2 amide bonds. The second-order valence-electron chi connectivity index (χ2n) is 8.16. The number of carboxylic acid groups (broad SMARTS) is 1.